The monoisotopic (exact) mass is 632 g/mol. The number of rotatable bonds is 16. The van der Waals surface area contributed by atoms with E-state index in [2.05, 4.69) is 84.9 Å². The minimum Gasteiger partial charge on any atom is -0.491 e. The molecule has 7 nitrogen and oxygen atoms in total. The predicted octanol–water partition coefficient (Wildman–Crippen LogP) is 7.20. The normalized spacial score (nSPS) is 14.9. The van der Waals surface area contributed by atoms with Crippen LogP contribution in [0.4, 0.5) is 0 Å². The van der Waals surface area contributed by atoms with Gasteiger partial charge in [-0.15, -0.1) is 0 Å². The van der Waals surface area contributed by atoms with Crippen molar-refractivity contribution >= 4 is 16.7 Å². The van der Waals surface area contributed by atoms with Gasteiger partial charge in [0.1, 0.15) is 31.3 Å². The number of hydrogen-bond acceptors (Lipinski definition) is 7. The van der Waals surface area contributed by atoms with Gasteiger partial charge in [0.05, 0.1) is 38.4 Å². The zero-order valence-electron chi connectivity index (χ0n) is 26.9. The number of methoxy groups -OCH3 is 1. The van der Waals surface area contributed by atoms with Gasteiger partial charge in [-0.05, 0) is 80.6 Å². The van der Waals surface area contributed by atoms with Crippen LogP contribution in [0, 0.1) is 0 Å². The van der Waals surface area contributed by atoms with Gasteiger partial charge >= 0.3 is 5.97 Å². The van der Waals surface area contributed by atoms with Crippen molar-refractivity contribution in [1.29, 1.82) is 0 Å². The lowest BCUT2D eigenvalue weighted by Gasteiger charge is -2.34. The lowest BCUT2D eigenvalue weighted by molar-refractivity contribution is -0.142. The van der Waals surface area contributed by atoms with E-state index < -0.39 is 5.41 Å². The van der Waals surface area contributed by atoms with E-state index in [0.29, 0.717) is 46.2 Å². The van der Waals surface area contributed by atoms with Crippen molar-refractivity contribution in [3.63, 3.8) is 0 Å². The lowest BCUT2D eigenvalue weighted by atomic mass is 9.67. The van der Waals surface area contributed by atoms with E-state index in [1.54, 1.807) is 7.11 Å². The van der Waals surface area contributed by atoms with Crippen LogP contribution in [0.15, 0.2) is 109 Å². The number of carbonyl (C=O) groups excluding carboxylic acids is 1. The molecule has 0 bridgehead atoms. The molecule has 1 atom stereocenters. The molecule has 0 N–H and O–H groups in total. The Morgan fingerprint density at radius 2 is 1.09 bits per heavy atom. The van der Waals surface area contributed by atoms with Crippen LogP contribution >= 0.6 is 0 Å². The van der Waals surface area contributed by atoms with Gasteiger partial charge in [0, 0.05) is 14.0 Å². The van der Waals surface area contributed by atoms with Crippen LogP contribution in [0.5, 0.6) is 11.5 Å². The van der Waals surface area contributed by atoms with E-state index >= 15 is 0 Å². The summed E-state index contributed by atoms with van der Waals surface area (Å²) in [5, 5.41) is 2.41. The summed E-state index contributed by atoms with van der Waals surface area (Å²) >= 11 is 0. The Kier molecular flexibility index (Phi) is 10.5. The van der Waals surface area contributed by atoms with E-state index in [4.69, 9.17) is 28.4 Å². The highest BCUT2D eigenvalue weighted by Gasteiger charge is 2.46. The van der Waals surface area contributed by atoms with Gasteiger partial charge in [-0.1, -0.05) is 72.8 Å². The van der Waals surface area contributed by atoms with E-state index in [0.717, 1.165) is 22.6 Å². The Labute approximate surface area is 276 Å². The molecule has 1 unspecified atom stereocenters. The second-order valence-corrected chi connectivity index (χ2v) is 11.3. The minimum atomic E-state index is -0.559. The summed E-state index contributed by atoms with van der Waals surface area (Å²) in [6, 6.07) is 38.8. The molecule has 0 amide bonds. The zero-order valence-corrected chi connectivity index (χ0v) is 26.9. The van der Waals surface area contributed by atoms with Crippen molar-refractivity contribution in [3.8, 4) is 22.6 Å². The van der Waals surface area contributed by atoms with Gasteiger partial charge in [-0.3, -0.25) is 4.79 Å². The van der Waals surface area contributed by atoms with Crippen molar-refractivity contribution in [2.24, 2.45) is 0 Å². The predicted molar refractivity (Wildman–Crippen MR) is 182 cm³/mol. The SMILES string of the molecule is COCCOCCOc1ccc(C2(c3ccc(OCCOCCOC(C)=O)cc3)c3ccccc3-c3cc4ccccc4cc32)cc1. The van der Waals surface area contributed by atoms with Crippen LogP contribution in [-0.2, 0) is 29.2 Å². The number of benzene rings is 5. The number of esters is 1. The fourth-order valence-electron chi connectivity index (χ4n) is 6.38. The summed E-state index contributed by atoms with van der Waals surface area (Å²) in [5.74, 6) is 1.24. The quantitative estimate of drug-likeness (QED) is 0.0825. The largest absolute Gasteiger partial charge is 0.491 e. The first-order valence-corrected chi connectivity index (χ1v) is 16.0. The first kappa shape index (κ1) is 32.3. The molecule has 7 heteroatoms. The molecule has 0 saturated carbocycles. The third-order valence-electron chi connectivity index (χ3n) is 8.44. The molecule has 0 saturated heterocycles. The summed E-state index contributed by atoms with van der Waals surface area (Å²) < 4.78 is 33.1. The Morgan fingerprint density at radius 1 is 0.553 bits per heavy atom. The number of fused-ring (bicyclic) bond motifs is 4. The Bertz CT molecular complexity index is 1780. The molecular formula is C40H40O7. The molecule has 0 radical (unpaired) electrons. The highest BCUT2D eigenvalue weighted by molar-refractivity contribution is 5.95. The molecule has 242 valence electrons. The van der Waals surface area contributed by atoms with Crippen LogP contribution in [0.2, 0.25) is 0 Å². The molecule has 1 aliphatic carbocycles. The van der Waals surface area contributed by atoms with Gasteiger partial charge in [-0.2, -0.15) is 0 Å². The van der Waals surface area contributed by atoms with Gasteiger partial charge in [0.15, 0.2) is 0 Å². The first-order chi connectivity index (χ1) is 23.1. The van der Waals surface area contributed by atoms with E-state index in [-0.39, 0.29) is 12.6 Å². The third kappa shape index (κ3) is 7.03. The van der Waals surface area contributed by atoms with E-state index in [1.165, 1.54) is 39.9 Å². The van der Waals surface area contributed by atoms with Crippen LogP contribution < -0.4 is 9.47 Å². The molecule has 1 aliphatic rings. The van der Waals surface area contributed by atoms with E-state index in [9.17, 15) is 4.79 Å². The summed E-state index contributed by atoms with van der Waals surface area (Å²) in [5.41, 5.74) is 6.68. The molecule has 0 spiro atoms. The molecule has 0 heterocycles. The lowest BCUT2D eigenvalue weighted by Crippen LogP contribution is -2.28. The summed E-state index contributed by atoms with van der Waals surface area (Å²) in [6.45, 7) is 4.82. The summed E-state index contributed by atoms with van der Waals surface area (Å²) in [6.07, 6.45) is 0. The maximum Gasteiger partial charge on any atom is 0.302 e. The molecule has 0 aliphatic heterocycles. The van der Waals surface area contributed by atoms with Crippen LogP contribution in [0.1, 0.15) is 29.2 Å². The third-order valence-corrected chi connectivity index (χ3v) is 8.44. The maximum atomic E-state index is 10.9. The van der Waals surface area contributed by atoms with Crippen molar-refractivity contribution in [1.82, 2.24) is 0 Å². The smallest absolute Gasteiger partial charge is 0.302 e. The van der Waals surface area contributed by atoms with Crippen molar-refractivity contribution < 1.29 is 33.2 Å². The van der Waals surface area contributed by atoms with E-state index in [1.807, 2.05) is 24.3 Å². The molecule has 5 aromatic carbocycles. The van der Waals surface area contributed by atoms with Gasteiger partial charge in [-0.25, -0.2) is 0 Å². The topological polar surface area (TPSA) is 72.5 Å². The number of ether oxygens (including phenoxy) is 6. The fraction of sp³-hybridized carbons (Fsp3) is 0.275. The van der Waals surface area contributed by atoms with Crippen molar-refractivity contribution in [2.45, 2.75) is 12.3 Å². The van der Waals surface area contributed by atoms with Crippen LogP contribution in [-0.4, -0.2) is 65.9 Å². The average Bonchev–Trinajstić information content (AvgIpc) is 3.38. The summed E-state index contributed by atoms with van der Waals surface area (Å²) in [4.78, 5) is 10.9. The average molecular weight is 633 g/mol. The highest BCUT2D eigenvalue weighted by atomic mass is 16.6. The van der Waals surface area contributed by atoms with Crippen LogP contribution in [0.25, 0.3) is 21.9 Å². The van der Waals surface area contributed by atoms with Gasteiger partial charge < -0.3 is 28.4 Å². The molecule has 5 aromatic rings. The van der Waals surface area contributed by atoms with Crippen LogP contribution in [0.3, 0.4) is 0 Å². The second kappa shape index (κ2) is 15.3. The number of carbonyl (C=O) groups is 1. The molecule has 0 aromatic heterocycles. The second-order valence-electron chi connectivity index (χ2n) is 11.3. The standard InChI is InChI=1S/C40H40O7/c1-29(41)45-24-21-44-23-26-47-35-17-13-33(14-18-35)40(32-11-15-34(16-12-32)46-25-22-43-20-19-42-2)38-10-6-5-9-36(38)37-27-30-7-3-4-8-31(30)28-39(37)40/h3-18,27-28H,19-26H2,1-2H3. The molecular weight excluding hydrogens is 592 g/mol. The van der Waals surface area contributed by atoms with Gasteiger partial charge in [0.25, 0.3) is 0 Å². The zero-order chi connectivity index (χ0) is 32.5. The minimum absolute atomic E-state index is 0.237. The number of hydrogen-bond donors (Lipinski definition) is 0. The maximum absolute atomic E-state index is 10.9. The molecule has 47 heavy (non-hydrogen) atoms. The summed E-state index contributed by atoms with van der Waals surface area (Å²) in [7, 11) is 1.66. The Balaban J connectivity index is 1.32. The molecule has 0 fully saturated rings. The fourth-order valence-corrected chi connectivity index (χ4v) is 6.38. The Morgan fingerprint density at radius 3 is 1.68 bits per heavy atom. The molecule has 6 rings (SSSR count). The van der Waals surface area contributed by atoms with Crippen molar-refractivity contribution in [3.05, 3.63) is 131 Å². The highest BCUT2D eigenvalue weighted by Crippen LogP contribution is 2.57. The van der Waals surface area contributed by atoms with Gasteiger partial charge in [0.2, 0.25) is 0 Å². The Hall–Kier alpha value is -4.69. The van der Waals surface area contributed by atoms with Crippen molar-refractivity contribution in [2.75, 3.05) is 60.0 Å². The first-order valence-electron chi connectivity index (χ1n) is 16.0.